The molecule has 30 heavy (non-hydrogen) atoms. The largest absolute Gasteiger partial charge is 0.497 e. The summed E-state index contributed by atoms with van der Waals surface area (Å²) in [7, 11) is 3.36. The molecule has 0 aliphatic carbocycles. The van der Waals surface area contributed by atoms with Crippen molar-refractivity contribution in [2.75, 3.05) is 63.8 Å². The molecule has 0 atom stereocenters. The van der Waals surface area contributed by atoms with Gasteiger partial charge < -0.3 is 24.1 Å². The fourth-order valence-electron chi connectivity index (χ4n) is 3.78. The van der Waals surface area contributed by atoms with Gasteiger partial charge in [-0.3, -0.25) is 9.69 Å². The third kappa shape index (κ3) is 4.42. The number of amides is 1. The van der Waals surface area contributed by atoms with Crippen LogP contribution < -0.4 is 15.0 Å². The van der Waals surface area contributed by atoms with Gasteiger partial charge in [0.1, 0.15) is 11.6 Å². The van der Waals surface area contributed by atoms with Gasteiger partial charge in [-0.2, -0.15) is 0 Å². The highest BCUT2D eigenvalue weighted by Crippen LogP contribution is 2.22. The van der Waals surface area contributed by atoms with Crippen molar-refractivity contribution < 1.29 is 14.3 Å². The first-order valence-electron chi connectivity index (χ1n) is 10.2. The number of rotatable bonds is 7. The highest BCUT2D eigenvalue weighted by molar-refractivity contribution is 6.04. The first kappa shape index (κ1) is 20.3. The Hall–Kier alpha value is -3.03. The van der Waals surface area contributed by atoms with E-state index in [2.05, 4.69) is 31.7 Å². The summed E-state index contributed by atoms with van der Waals surface area (Å²) in [6.45, 7) is 5.66. The second-order valence-corrected chi connectivity index (χ2v) is 7.41. The third-order valence-electron chi connectivity index (χ3n) is 5.55. The van der Waals surface area contributed by atoms with E-state index < -0.39 is 0 Å². The number of nitrogens with zero attached hydrogens (tertiary/aromatic N) is 3. The minimum Gasteiger partial charge on any atom is -0.497 e. The first-order valence-corrected chi connectivity index (χ1v) is 10.2. The quantitative estimate of drug-likeness (QED) is 0.651. The molecule has 0 bridgehead atoms. The Balaban J connectivity index is 1.48. The molecular formula is C23H28N4O3. The first-order chi connectivity index (χ1) is 14.7. The van der Waals surface area contributed by atoms with Crippen molar-refractivity contribution in [2.45, 2.75) is 0 Å². The fourth-order valence-corrected chi connectivity index (χ4v) is 3.78. The number of ether oxygens (including phenoxy) is 2. The summed E-state index contributed by atoms with van der Waals surface area (Å²) in [5.41, 5.74) is 2.43. The molecule has 2 aromatic heterocycles. The zero-order chi connectivity index (χ0) is 20.9. The van der Waals surface area contributed by atoms with Crippen molar-refractivity contribution in [3.63, 3.8) is 0 Å². The molecule has 7 nitrogen and oxygen atoms in total. The molecule has 7 heteroatoms. The lowest BCUT2D eigenvalue weighted by Gasteiger charge is -2.35. The summed E-state index contributed by atoms with van der Waals surface area (Å²) in [6, 6.07) is 15.4. The van der Waals surface area contributed by atoms with E-state index in [0.717, 1.165) is 62.1 Å². The molecule has 3 heterocycles. The van der Waals surface area contributed by atoms with E-state index in [1.807, 2.05) is 42.6 Å². The zero-order valence-corrected chi connectivity index (χ0v) is 17.5. The number of hydrogen-bond acceptors (Lipinski definition) is 5. The minimum atomic E-state index is -0.133. The Morgan fingerprint density at radius 2 is 1.70 bits per heavy atom. The number of nitrogens with one attached hydrogen (secondary N) is 1. The van der Waals surface area contributed by atoms with Crippen LogP contribution in [0.5, 0.6) is 5.75 Å². The molecule has 3 aromatic rings. The van der Waals surface area contributed by atoms with Crippen molar-refractivity contribution in [3.05, 3.63) is 60.3 Å². The molecule has 1 saturated heterocycles. The van der Waals surface area contributed by atoms with Crippen LogP contribution in [0, 0.1) is 0 Å². The Labute approximate surface area is 176 Å². The van der Waals surface area contributed by atoms with Crippen LogP contribution in [0.4, 0.5) is 11.5 Å². The van der Waals surface area contributed by atoms with Crippen LogP contribution in [0.3, 0.4) is 0 Å². The van der Waals surface area contributed by atoms with Gasteiger partial charge in [0.05, 0.1) is 19.3 Å². The lowest BCUT2D eigenvalue weighted by Crippen LogP contribution is -2.47. The van der Waals surface area contributed by atoms with E-state index >= 15 is 0 Å². The Bertz CT molecular complexity index is 991. The monoisotopic (exact) mass is 408 g/mol. The van der Waals surface area contributed by atoms with Crippen LogP contribution in [-0.4, -0.2) is 68.8 Å². The van der Waals surface area contributed by atoms with Crippen LogP contribution in [0.25, 0.3) is 5.52 Å². The number of carbonyl (C=O) groups excluding carboxylic acids is 1. The molecular weight excluding hydrogens is 380 g/mol. The lowest BCUT2D eigenvalue weighted by molar-refractivity contribution is 0.102. The number of fused-ring (bicyclic) bond motifs is 1. The number of hydrogen-bond donors (Lipinski definition) is 1. The summed E-state index contributed by atoms with van der Waals surface area (Å²) < 4.78 is 12.5. The molecule has 0 radical (unpaired) electrons. The molecule has 1 aliphatic rings. The van der Waals surface area contributed by atoms with E-state index in [1.165, 1.54) is 0 Å². The van der Waals surface area contributed by atoms with Crippen molar-refractivity contribution in [2.24, 2.45) is 0 Å². The Kier molecular flexibility index (Phi) is 6.21. The number of anilines is 2. The van der Waals surface area contributed by atoms with Crippen molar-refractivity contribution in [3.8, 4) is 5.75 Å². The summed E-state index contributed by atoms with van der Waals surface area (Å²) in [5, 5.41) is 2.95. The molecule has 1 aliphatic heterocycles. The number of piperazine rings is 1. The average molecular weight is 409 g/mol. The van der Waals surface area contributed by atoms with Crippen LogP contribution in [0.2, 0.25) is 0 Å². The van der Waals surface area contributed by atoms with Gasteiger partial charge in [-0.15, -0.1) is 0 Å². The smallest absolute Gasteiger partial charge is 0.257 e. The average Bonchev–Trinajstić information content (AvgIpc) is 3.22. The van der Waals surface area contributed by atoms with E-state index in [9.17, 15) is 4.79 Å². The van der Waals surface area contributed by atoms with Crippen LogP contribution in [0.1, 0.15) is 10.4 Å². The molecule has 0 unspecified atom stereocenters. The van der Waals surface area contributed by atoms with E-state index in [1.54, 1.807) is 14.2 Å². The van der Waals surface area contributed by atoms with Gasteiger partial charge in [0, 0.05) is 57.2 Å². The van der Waals surface area contributed by atoms with Gasteiger partial charge in [0.15, 0.2) is 0 Å². The lowest BCUT2D eigenvalue weighted by atomic mass is 10.2. The van der Waals surface area contributed by atoms with Crippen LogP contribution in [0.15, 0.2) is 54.7 Å². The highest BCUT2D eigenvalue weighted by Gasteiger charge is 2.19. The van der Waals surface area contributed by atoms with E-state index in [-0.39, 0.29) is 5.91 Å². The van der Waals surface area contributed by atoms with Crippen molar-refractivity contribution in [1.82, 2.24) is 9.30 Å². The normalized spacial score (nSPS) is 14.8. The summed E-state index contributed by atoms with van der Waals surface area (Å²) >= 11 is 0. The molecule has 158 valence electrons. The van der Waals surface area contributed by atoms with Crippen molar-refractivity contribution in [1.29, 1.82) is 0 Å². The van der Waals surface area contributed by atoms with Crippen molar-refractivity contribution >= 4 is 22.9 Å². The maximum Gasteiger partial charge on any atom is 0.257 e. The van der Waals surface area contributed by atoms with Gasteiger partial charge in [-0.05, 0) is 48.5 Å². The molecule has 0 saturated carbocycles. The number of benzene rings is 1. The molecule has 1 aromatic carbocycles. The van der Waals surface area contributed by atoms with Gasteiger partial charge in [0.25, 0.3) is 5.91 Å². The van der Waals surface area contributed by atoms with Gasteiger partial charge in [0.2, 0.25) is 0 Å². The van der Waals surface area contributed by atoms with Crippen LogP contribution >= 0.6 is 0 Å². The molecule has 0 spiro atoms. The number of methoxy groups -OCH3 is 2. The molecule has 1 amide bonds. The second kappa shape index (κ2) is 9.19. The number of aromatic nitrogens is 1. The maximum atomic E-state index is 12.8. The summed E-state index contributed by atoms with van der Waals surface area (Å²) in [4.78, 5) is 17.6. The minimum absolute atomic E-state index is 0.133. The predicted molar refractivity (Wildman–Crippen MR) is 119 cm³/mol. The Morgan fingerprint density at radius 1 is 0.967 bits per heavy atom. The van der Waals surface area contributed by atoms with E-state index in [0.29, 0.717) is 5.56 Å². The number of carbonyl (C=O) groups is 1. The second-order valence-electron chi connectivity index (χ2n) is 7.41. The zero-order valence-electron chi connectivity index (χ0n) is 17.5. The summed E-state index contributed by atoms with van der Waals surface area (Å²) in [6.07, 6.45) is 1.92. The highest BCUT2D eigenvalue weighted by atomic mass is 16.5. The predicted octanol–water partition coefficient (Wildman–Crippen LogP) is 2.97. The SMILES string of the molecule is COCCN1CCN(c2ccc3ccc(C(=O)Nc4ccc(OC)cc4)cn23)CC1. The van der Waals surface area contributed by atoms with Gasteiger partial charge >= 0.3 is 0 Å². The van der Waals surface area contributed by atoms with Crippen LogP contribution in [-0.2, 0) is 4.74 Å². The molecule has 4 rings (SSSR count). The van der Waals surface area contributed by atoms with Gasteiger partial charge in [-0.1, -0.05) is 0 Å². The van der Waals surface area contributed by atoms with E-state index in [4.69, 9.17) is 9.47 Å². The standard InChI is InChI=1S/C23H28N4O3/c1-29-16-15-25-11-13-26(14-12-25)22-10-7-20-6-3-18(17-27(20)22)23(28)24-19-4-8-21(30-2)9-5-19/h3-10,17H,11-16H2,1-2H3,(H,24,28). The third-order valence-corrected chi connectivity index (χ3v) is 5.55. The molecule has 1 fully saturated rings. The maximum absolute atomic E-state index is 12.8. The number of pyridine rings is 1. The Morgan fingerprint density at radius 3 is 2.40 bits per heavy atom. The summed E-state index contributed by atoms with van der Waals surface area (Å²) in [5.74, 6) is 1.75. The fraction of sp³-hybridized carbons (Fsp3) is 0.348. The topological polar surface area (TPSA) is 58.5 Å². The van der Waals surface area contributed by atoms with Gasteiger partial charge in [-0.25, -0.2) is 0 Å². The molecule has 1 N–H and O–H groups in total.